The number of nitrogens with one attached hydrogen (secondary N) is 1. The first-order chi connectivity index (χ1) is 13.3. The molecule has 3 nitrogen and oxygen atoms in total. The van der Waals surface area contributed by atoms with E-state index in [1.807, 2.05) is 31.2 Å². The van der Waals surface area contributed by atoms with Crippen LogP contribution in [0.4, 0.5) is 4.39 Å². The third-order valence-electron chi connectivity index (χ3n) is 6.43. The Morgan fingerprint density at radius 2 is 1.93 bits per heavy atom. The topological polar surface area (TPSA) is 49.3 Å². The van der Waals surface area contributed by atoms with Gasteiger partial charge in [0.15, 0.2) is 0 Å². The first-order valence-electron chi connectivity index (χ1n) is 9.93. The Kier molecular flexibility index (Phi) is 4.86. The molecule has 1 spiro atoms. The van der Waals surface area contributed by atoms with Crippen molar-refractivity contribution >= 4 is 28.7 Å². The standard InChI is InChI=1S/C23H25ClFNO2/c1-13-6-7-15(16-8-9-18(24)20(25)14(16)2)12-17(13)19-21(27)23(26-22(19)28)10-4-3-5-11-23/h6-9,12,14,20,27H,3-5,10-11H2,1-2H3,(H,26,28). The second-order valence-electron chi connectivity index (χ2n) is 8.21. The number of carbonyl (C=O) groups is 1. The summed E-state index contributed by atoms with van der Waals surface area (Å²) in [5, 5.41) is 14.3. The summed E-state index contributed by atoms with van der Waals surface area (Å²) in [4.78, 5) is 12.8. The zero-order valence-corrected chi connectivity index (χ0v) is 16.9. The lowest BCUT2D eigenvalue weighted by molar-refractivity contribution is -0.116. The SMILES string of the molecule is Cc1ccc(C2=CC=C(Cl)C(F)C2C)cc1C1=C(O)C2(CCCCC2)NC1=O. The molecule has 1 aliphatic heterocycles. The van der Waals surface area contributed by atoms with Gasteiger partial charge in [-0.2, -0.15) is 0 Å². The van der Waals surface area contributed by atoms with Gasteiger partial charge < -0.3 is 10.4 Å². The van der Waals surface area contributed by atoms with E-state index >= 15 is 0 Å². The maximum absolute atomic E-state index is 14.4. The van der Waals surface area contributed by atoms with Crippen LogP contribution in [0.3, 0.4) is 0 Å². The number of allylic oxidation sites excluding steroid dienone is 4. The lowest BCUT2D eigenvalue weighted by Gasteiger charge is -2.33. The van der Waals surface area contributed by atoms with Crippen LogP contribution in [0.5, 0.6) is 0 Å². The summed E-state index contributed by atoms with van der Waals surface area (Å²) in [7, 11) is 0. The lowest BCUT2D eigenvalue weighted by Crippen LogP contribution is -2.46. The highest BCUT2D eigenvalue weighted by Gasteiger charge is 2.46. The summed E-state index contributed by atoms with van der Waals surface area (Å²) in [6, 6.07) is 5.75. The predicted octanol–water partition coefficient (Wildman–Crippen LogP) is 5.59. The number of hydrogen-bond donors (Lipinski definition) is 2. The van der Waals surface area contributed by atoms with Crippen molar-refractivity contribution in [3.63, 3.8) is 0 Å². The zero-order chi connectivity index (χ0) is 20.1. The van der Waals surface area contributed by atoms with Gasteiger partial charge in [0, 0.05) is 5.92 Å². The minimum atomic E-state index is -1.24. The Balaban J connectivity index is 1.79. The molecule has 2 N–H and O–H groups in total. The molecule has 2 unspecified atom stereocenters. The van der Waals surface area contributed by atoms with Gasteiger partial charge in [-0.1, -0.05) is 56.0 Å². The molecule has 0 aromatic heterocycles. The van der Waals surface area contributed by atoms with E-state index in [0.717, 1.165) is 48.8 Å². The molecule has 1 saturated carbocycles. The molecule has 148 valence electrons. The average Bonchev–Trinajstić information content (AvgIpc) is 2.91. The first-order valence-corrected chi connectivity index (χ1v) is 10.3. The van der Waals surface area contributed by atoms with Crippen LogP contribution in [0.2, 0.25) is 0 Å². The van der Waals surface area contributed by atoms with Gasteiger partial charge in [0.1, 0.15) is 11.9 Å². The molecule has 1 amide bonds. The van der Waals surface area contributed by atoms with Crippen LogP contribution >= 0.6 is 11.6 Å². The minimum Gasteiger partial charge on any atom is -0.509 e. The number of halogens is 2. The first kappa shape index (κ1) is 19.3. The molecule has 1 aromatic rings. The predicted molar refractivity (Wildman–Crippen MR) is 111 cm³/mol. The van der Waals surface area contributed by atoms with Crippen molar-refractivity contribution in [2.24, 2.45) is 5.92 Å². The highest BCUT2D eigenvalue weighted by Crippen LogP contribution is 2.43. The normalized spacial score (nSPS) is 26.9. The van der Waals surface area contributed by atoms with Gasteiger partial charge >= 0.3 is 0 Å². The smallest absolute Gasteiger partial charge is 0.256 e. The minimum absolute atomic E-state index is 0.162. The van der Waals surface area contributed by atoms with E-state index < -0.39 is 11.7 Å². The zero-order valence-electron chi connectivity index (χ0n) is 16.2. The number of aryl methyl sites for hydroxylation is 1. The van der Waals surface area contributed by atoms with Crippen LogP contribution in [0.1, 0.15) is 55.7 Å². The molecule has 0 radical (unpaired) electrons. The van der Waals surface area contributed by atoms with Gasteiger partial charge in [0.05, 0.1) is 16.1 Å². The van der Waals surface area contributed by atoms with Crippen LogP contribution in [0.15, 0.2) is 41.1 Å². The molecule has 5 heteroatoms. The Bertz CT molecular complexity index is 925. The molecular formula is C23H25ClFNO2. The number of rotatable bonds is 2. The fraction of sp³-hybridized carbons (Fsp3) is 0.435. The molecule has 1 heterocycles. The van der Waals surface area contributed by atoms with Crippen LogP contribution in [0.25, 0.3) is 11.1 Å². The van der Waals surface area contributed by atoms with Crippen molar-refractivity contribution in [2.75, 3.05) is 0 Å². The van der Waals surface area contributed by atoms with Gasteiger partial charge in [0.2, 0.25) is 0 Å². The van der Waals surface area contributed by atoms with Crippen molar-refractivity contribution in [3.8, 4) is 0 Å². The second kappa shape index (κ2) is 7.07. The molecule has 0 saturated heterocycles. The highest BCUT2D eigenvalue weighted by molar-refractivity contribution is 6.30. The fourth-order valence-corrected chi connectivity index (χ4v) is 4.94. The van der Waals surface area contributed by atoms with E-state index in [1.54, 1.807) is 13.0 Å². The van der Waals surface area contributed by atoms with Gasteiger partial charge in [-0.3, -0.25) is 4.79 Å². The molecule has 1 aromatic carbocycles. The van der Waals surface area contributed by atoms with Crippen molar-refractivity contribution < 1.29 is 14.3 Å². The molecular weight excluding hydrogens is 377 g/mol. The lowest BCUT2D eigenvalue weighted by atomic mass is 9.80. The summed E-state index contributed by atoms with van der Waals surface area (Å²) < 4.78 is 14.4. The van der Waals surface area contributed by atoms with Crippen molar-refractivity contribution in [1.82, 2.24) is 5.32 Å². The maximum Gasteiger partial charge on any atom is 0.256 e. The van der Waals surface area contributed by atoms with E-state index in [2.05, 4.69) is 5.32 Å². The largest absolute Gasteiger partial charge is 0.509 e. The van der Waals surface area contributed by atoms with Gasteiger partial charge in [-0.15, -0.1) is 0 Å². The maximum atomic E-state index is 14.4. The van der Waals surface area contributed by atoms with Crippen LogP contribution in [0, 0.1) is 12.8 Å². The summed E-state index contributed by atoms with van der Waals surface area (Å²) in [6.07, 6.45) is 6.84. The monoisotopic (exact) mass is 401 g/mol. The molecule has 1 fully saturated rings. The molecule has 28 heavy (non-hydrogen) atoms. The summed E-state index contributed by atoms with van der Waals surface area (Å²) >= 11 is 5.94. The molecule has 2 aliphatic carbocycles. The average molecular weight is 402 g/mol. The van der Waals surface area contributed by atoms with E-state index in [0.29, 0.717) is 11.1 Å². The third kappa shape index (κ3) is 2.98. The van der Waals surface area contributed by atoms with Crippen molar-refractivity contribution in [1.29, 1.82) is 0 Å². The Labute approximate surface area is 170 Å². The van der Waals surface area contributed by atoms with Gasteiger partial charge in [0.25, 0.3) is 5.91 Å². The quantitative estimate of drug-likeness (QED) is 0.678. The van der Waals surface area contributed by atoms with E-state index in [9.17, 15) is 14.3 Å². The van der Waals surface area contributed by atoms with Gasteiger partial charge in [-0.05, 0) is 54.2 Å². The molecule has 0 bridgehead atoms. The van der Waals surface area contributed by atoms with Crippen LogP contribution < -0.4 is 5.32 Å². The van der Waals surface area contributed by atoms with E-state index in [-0.39, 0.29) is 22.6 Å². The van der Waals surface area contributed by atoms with Gasteiger partial charge in [-0.25, -0.2) is 4.39 Å². The number of aliphatic hydroxyl groups excluding tert-OH is 1. The fourth-order valence-electron chi connectivity index (χ4n) is 4.69. The summed E-state index contributed by atoms with van der Waals surface area (Å²) in [5.74, 6) is -0.441. The van der Waals surface area contributed by atoms with Crippen molar-refractivity contribution in [3.05, 3.63) is 57.8 Å². The number of alkyl halides is 1. The number of benzene rings is 1. The Hall–Kier alpha value is -2.07. The number of carbonyl (C=O) groups excluding carboxylic acids is 1. The van der Waals surface area contributed by atoms with Crippen molar-refractivity contribution in [2.45, 2.75) is 57.7 Å². The number of aliphatic hydroxyl groups is 1. The third-order valence-corrected chi connectivity index (χ3v) is 6.77. The Morgan fingerprint density at radius 1 is 1.21 bits per heavy atom. The summed E-state index contributed by atoms with van der Waals surface area (Å²) in [5.41, 5.74) is 3.03. The number of amides is 1. The Morgan fingerprint density at radius 3 is 2.64 bits per heavy atom. The number of hydrogen-bond acceptors (Lipinski definition) is 2. The molecule has 3 aliphatic rings. The molecule has 2 atom stereocenters. The van der Waals surface area contributed by atoms with E-state index in [1.165, 1.54) is 0 Å². The second-order valence-corrected chi connectivity index (χ2v) is 8.65. The van der Waals surface area contributed by atoms with Crippen LogP contribution in [-0.2, 0) is 4.79 Å². The van der Waals surface area contributed by atoms with Crippen LogP contribution in [-0.4, -0.2) is 22.7 Å². The van der Waals surface area contributed by atoms with E-state index in [4.69, 9.17) is 11.6 Å². The highest BCUT2D eigenvalue weighted by atomic mass is 35.5. The molecule has 4 rings (SSSR count). The summed E-state index contributed by atoms with van der Waals surface area (Å²) in [6.45, 7) is 3.73.